The van der Waals surface area contributed by atoms with E-state index in [2.05, 4.69) is 33.6 Å². The first-order chi connectivity index (χ1) is 12.1. The van der Waals surface area contributed by atoms with Gasteiger partial charge in [0.15, 0.2) is 11.0 Å². The van der Waals surface area contributed by atoms with Gasteiger partial charge in [-0.1, -0.05) is 35.5 Å². The lowest BCUT2D eigenvalue weighted by Crippen LogP contribution is -2.06. The number of ether oxygens (including phenoxy) is 1. The molecule has 8 heteroatoms. The van der Waals surface area contributed by atoms with Gasteiger partial charge in [0.25, 0.3) is 0 Å². The standard InChI is InChI=1S/C17H20ClN5OS/c1-12(2)23-9-8-19-16(23)11-25-17-21-20-15(22(17)3)10-24-14-7-5-4-6-13(14)18/h4-9,12H,10-11H2,1-3H3. The molecular formula is C17H20ClN5OS. The molecule has 0 atom stereocenters. The largest absolute Gasteiger partial charge is 0.484 e. The molecule has 2 heterocycles. The molecule has 2 aromatic heterocycles. The second kappa shape index (κ2) is 7.93. The van der Waals surface area contributed by atoms with Crippen LogP contribution in [-0.4, -0.2) is 24.3 Å². The van der Waals surface area contributed by atoms with Gasteiger partial charge in [0.05, 0.1) is 10.8 Å². The van der Waals surface area contributed by atoms with Crippen molar-refractivity contribution in [2.45, 2.75) is 37.4 Å². The van der Waals surface area contributed by atoms with Crippen molar-refractivity contribution in [2.24, 2.45) is 7.05 Å². The molecule has 0 aliphatic rings. The number of halogens is 1. The topological polar surface area (TPSA) is 57.8 Å². The average molecular weight is 378 g/mol. The molecule has 0 bridgehead atoms. The van der Waals surface area contributed by atoms with Crippen LogP contribution in [0.2, 0.25) is 5.02 Å². The number of thioether (sulfide) groups is 1. The van der Waals surface area contributed by atoms with Gasteiger partial charge < -0.3 is 13.9 Å². The average Bonchev–Trinajstić information content (AvgIpc) is 3.19. The Labute approximate surface area is 156 Å². The number of para-hydroxylation sites is 1. The molecule has 0 radical (unpaired) electrons. The first kappa shape index (κ1) is 17.8. The highest BCUT2D eigenvalue weighted by Gasteiger charge is 2.13. The Kier molecular flexibility index (Phi) is 5.65. The quantitative estimate of drug-likeness (QED) is 0.580. The maximum atomic E-state index is 6.10. The number of rotatable bonds is 7. The van der Waals surface area contributed by atoms with Gasteiger partial charge in [-0.25, -0.2) is 4.98 Å². The van der Waals surface area contributed by atoms with Gasteiger partial charge in [0, 0.05) is 25.5 Å². The maximum absolute atomic E-state index is 6.10. The minimum absolute atomic E-state index is 0.314. The highest BCUT2D eigenvalue weighted by molar-refractivity contribution is 7.98. The summed E-state index contributed by atoms with van der Waals surface area (Å²) in [6.07, 6.45) is 3.83. The van der Waals surface area contributed by atoms with E-state index >= 15 is 0 Å². The van der Waals surface area contributed by atoms with Gasteiger partial charge in [-0.05, 0) is 26.0 Å². The number of aromatic nitrogens is 5. The molecule has 0 N–H and O–H groups in total. The summed E-state index contributed by atoms with van der Waals surface area (Å²) in [6, 6.07) is 7.77. The molecule has 0 amide bonds. The summed E-state index contributed by atoms with van der Waals surface area (Å²) < 4.78 is 9.83. The lowest BCUT2D eigenvalue weighted by atomic mass is 10.3. The summed E-state index contributed by atoms with van der Waals surface area (Å²) >= 11 is 7.71. The van der Waals surface area contributed by atoms with Crippen LogP contribution >= 0.6 is 23.4 Å². The van der Waals surface area contributed by atoms with Crippen LogP contribution in [0.25, 0.3) is 0 Å². The SMILES string of the molecule is CC(C)n1ccnc1CSc1nnc(COc2ccccc2Cl)n1C. The van der Waals surface area contributed by atoms with Crippen molar-refractivity contribution in [1.29, 1.82) is 0 Å². The van der Waals surface area contributed by atoms with Crippen molar-refractivity contribution in [1.82, 2.24) is 24.3 Å². The molecule has 3 rings (SSSR count). The van der Waals surface area contributed by atoms with Crippen LogP contribution in [0.4, 0.5) is 0 Å². The van der Waals surface area contributed by atoms with Crippen LogP contribution < -0.4 is 4.74 Å². The van der Waals surface area contributed by atoms with E-state index in [1.54, 1.807) is 17.8 Å². The second-order valence-corrected chi connectivity index (χ2v) is 7.16. The molecule has 0 spiro atoms. The Morgan fingerprint density at radius 3 is 2.76 bits per heavy atom. The van der Waals surface area contributed by atoms with Gasteiger partial charge in [0.2, 0.25) is 0 Å². The van der Waals surface area contributed by atoms with Gasteiger partial charge in [-0.3, -0.25) is 0 Å². The van der Waals surface area contributed by atoms with E-state index < -0.39 is 0 Å². The van der Waals surface area contributed by atoms with E-state index in [1.807, 2.05) is 42.2 Å². The van der Waals surface area contributed by atoms with Gasteiger partial charge >= 0.3 is 0 Å². The normalized spacial score (nSPS) is 11.2. The fraction of sp³-hybridized carbons (Fsp3) is 0.353. The van der Waals surface area contributed by atoms with Crippen LogP contribution in [-0.2, 0) is 19.4 Å². The second-order valence-electron chi connectivity index (χ2n) is 5.81. The Morgan fingerprint density at radius 2 is 2.00 bits per heavy atom. The number of hydrogen-bond donors (Lipinski definition) is 0. The van der Waals surface area contributed by atoms with Crippen molar-refractivity contribution < 1.29 is 4.74 Å². The monoisotopic (exact) mass is 377 g/mol. The number of imidazole rings is 1. The van der Waals surface area contributed by atoms with Crippen LogP contribution in [0.15, 0.2) is 41.8 Å². The molecule has 1 aromatic carbocycles. The molecule has 25 heavy (non-hydrogen) atoms. The van der Waals surface area contributed by atoms with Crippen LogP contribution in [0, 0.1) is 0 Å². The third kappa shape index (κ3) is 4.16. The molecule has 0 aliphatic heterocycles. The molecule has 6 nitrogen and oxygen atoms in total. The van der Waals surface area contributed by atoms with Crippen molar-refractivity contribution in [3.63, 3.8) is 0 Å². The highest BCUT2D eigenvalue weighted by Crippen LogP contribution is 2.25. The zero-order chi connectivity index (χ0) is 17.8. The third-order valence-electron chi connectivity index (χ3n) is 3.75. The lowest BCUT2D eigenvalue weighted by molar-refractivity contribution is 0.290. The van der Waals surface area contributed by atoms with E-state index in [0.29, 0.717) is 23.4 Å². The third-order valence-corrected chi connectivity index (χ3v) is 5.08. The number of benzene rings is 1. The highest BCUT2D eigenvalue weighted by atomic mass is 35.5. The van der Waals surface area contributed by atoms with Crippen molar-refractivity contribution in [2.75, 3.05) is 0 Å². The molecule has 132 valence electrons. The first-order valence-corrected chi connectivity index (χ1v) is 9.32. The van der Waals surface area contributed by atoms with Crippen molar-refractivity contribution in [3.8, 4) is 5.75 Å². The molecule has 0 saturated carbocycles. The summed E-state index contributed by atoms with van der Waals surface area (Å²) in [5.41, 5.74) is 0. The Morgan fingerprint density at radius 1 is 1.20 bits per heavy atom. The molecule has 0 unspecified atom stereocenters. The van der Waals surface area contributed by atoms with E-state index in [9.17, 15) is 0 Å². The fourth-order valence-corrected chi connectivity index (χ4v) is 3.43. The van der Waals surface area contributed by atoms with E-state index in [0.717, 1.165) is 22.6 Å². The number of hydrogen-bond acceptors (Lipinski definition) is 5. The Hall–Kier alpha value is -1.99. The van der Waals surface area contributed by atoms with Gasteiger partial charge in [0.1, 0.15) is 18.2 Å². The predicted octanol–water partition coefficient (Wildman–Crippen LogP) is 4.12. The molecule has 0 saturated heterocycles. The predicted molar refractivity (Wildman–Crippen MR) is 99.0 cm³/mol. The summed E-state index contributed by atoms with van der Waals surface area (Å²) in [5, 5.41) is 9.88. The van der Waals surface area contributed by atoms with Crippen LogP contribution in [0.5, 0.6) is 5.75 Å². The van der Waals surface area contributed by atoms with E-state index in [-0.39, 0.29) is 0 Å². The van der Waals surface area contributed by atoms with Gasteiger partial charge in [-0.2, -0.15) is 0 Å². The zero-order valence-electron chi connectivity index (χ0n) is 14.4. The summed E-state index contributed by atoms with van der Waals surface area (Å²) in [7, 11) is 1.93. The minimum Gasteiger partial charge on any atom is -0.484 e. The maximum Gasteiger partial charge on any atom is 0.191 e. The molecule has 0 aliphatic carbocycles. The minimum atomic E-state index is 0.314. The van der Waals surface area contributed by atoms with E-state index in [1.165, 1.54) is 0 Å². The van der Waals surface area contributed by atoms with Crippen molar-refractivity contribution in [3.05, 3.63) is 53.3 Å². The first-order valence-electron chi connectivity index (χ1n) is 7.96. The lowest BCUT2D eigenvalue weighted by Gasteiger charge is -2.11. The molecule has 0 fully saturated rings. The zero-order valence-corrected chi connectivity index (χ0v) is 16.0. The van der Waals surface area contributed by atoms with Crippen molar-refractivity contribution >= 4 is 23.4 Å². The summed E-state index contributed by atoms with van der Waals surface area (Å²) in [4.78, 5) is 4.42. The van der Waals surface area contributed by atoms with Crippen LogP contribution in [0.3, 0.4) is 0 Å². The Balaban J connectivity index is 1.63. The summed E-state index contributed by atoms with van der Waals surface area (Å²) in [5.74, 6) is 3.15. The van der Waals surface area contributed by atoms with Crippen LogP contribution in [0.1, 0.15) is 31.5 Å². The van der Waals surface area contributed by atoms with Gasteiger partial charge in [-0.15, -0.1) is 10.2 Å². The summed E-state index contributed by atoms with van der Waals surface area (Å²) in [6.45, 7) is 4.60. The molecule has 3 aromatic rings. The fourth-order valence-electron chi connectivity index (χ4n) is 2.36. The number of nitrogens with zero attached hydrogens (tertiary/aromatic N) is 5. The Bertz CT molecular complexity index is 845. The van der Waals surface area contributed by atoms with E-state index in [4.69, 9.17) is 16.3 Å². The smallest absolute Gasteiger partial charge is 0.191 e. The molecular weight excluding hydrogens is 358 g/mol.